The molecule has 1 amide bonds. The first-order chi connectivity index (χ1) is 13.6. The molecule has 1 aromatic heterocycles. The van der Waals surface area contributed by atoms with Crippen molar-refractivity contribution < 1.29 is 17.9 Å². The highest BCUT2D eigenvalue weighted by atomic mass is 35.5. The van der Waals surface area contributed by atoms with E-state index in [1.54, 1.807) is 30.1 Å². The van der Waals surface area contributed by atoms with Gasteiger partial charge in [-0.2, -0.15) is 5.10 Å². The maximum atomic E-state index is 12.7. The molecule has 29 heavy (non-hydrogen) atoms. The number of carbonyl (C=O) groups is 1. The van der Waals surface area contributed by atoms with Gasteiger partial charge in [0.05, 0.1) is 23.5 Å². The summed E-state index contributed by atoms with van der Waals surface area (Å²) >= 11 is 6.34. The van der Waals surface area contributed by atoms with Crippen LogP contribution in [0.15, 0.2) is 24.3 Å². The molecule has 0 aliphatic carbocycles. The quantitative estimate of drug-likeness (QED) is 0.744. The van der Waals surface area contributed by atoms with E-state index in [0.29, 0.717) is 48.8 Å². The largest absolute Gasteiger partial charge is 0.489 e. The number of halogens is 1. The molecule has 1 aliphatic heterocycles. The summed E-state index contributed by atoms with van der Waals surface area (Å²) in [4.78, 5) is 14.2. The first-order valence-electron chi connectivity index (χ1n) is 9.31. The molecular weight excluding hydrogens is 416 g/mol. The lowest BCUT2D eigenvalue weighted by Gasteiger charge is -2.30. The number of rotatable bonds is 6. The van der Waals surface area contributed by atoms with Crippen LogP contribution in [0.1, 0.15) is 34.6 Å². The van der Waals surface area contributed by atoms with Crippen molar-refractivity contribution >= 4 is 27.5 Å². The van der Waals surface area contributed by atoms with E-state index < -0.39 is 10.0 Å². The van der Waals surface area contributed by atoms with Crippen LogP contribution in [-0.4, -0.2) is 66.2 Å². The van der Waals surface area contributed by atoms with Crippen LogP contribution in [0.2, 0.25) is 5.02 Å². The highest BCUT2D eigenvalue weighted by Crippen LogP contribution is 2.29. The second-order valence-electron chi connectivity index (χ2n) is 7.33. The molecule has 1 N–H and O–H groups in total. The zero-order chi connectivity index (χ0) is 21.2. The van der Waals surface area contributed by atoms with Crippen molar-refractivity contribution in [3.8, 4) is 5.75 Å². The number of aromatic nitrogens is 2. The summed E-state index contributed by atoms with van der Waals surface area (Å²) in [6.07, 6.45) is 2.29. The van der Waals surface area contributed by atoms with E-state index in [0.717, 1.165) is 11.4 Å². The minimum atomic E-state index is -3.17. The summed E-state index contributed by atoms with van der Waals surface area (Å²) in [7, 11) is -1.46. The lowest BCUT2D eigenvalue weighted by Crippen LogP contribution is -2.41. The average molecular weight is 441 g/mol. The molecule has 8 nitrogen and oxygen atoms in total. The Kier molecular flexibility index (Phi) is 6.50. The van der Waals surface area contributed by atoms with E-state index in [9.17, 15) is 13.2 Å². The monoisotopic (exact) mass is 440 g/mol. The van der Waals surface area contributed by atoms with Crippen molar-refractivity contribution in [3.63, 3.8) is 0 Å². The van der Waals surface area contributed by atoms with Crippen LogP contribution < -0.4 is 4.74 Å². The van der Waals surface area contributed by atoms with Crippen LogP contribution in [-0.2, 0) is 16.6 Å². The van der Waals surface area contributed by atoms with Crippen molar-refractivity contribution in [2.45, 2.75) is 32.4 Å². The van der Waals surface area contributed by atoms with Gasteiger partial charge < -0.3 is 9.64 Å². The van der Waals surface area contributed by atoms with Crippen molar-refractivity contribution in [1.29, 1.82) is 0 Å². The predicted octanol–water partition coefficient (Wildman–Crippen LogP) is 2.45. The number of sulfonamides is 1. The van der Waals surface area contributed by atoms with E-state index in [2.05, 4.69) is 10.2 Å². The Morgan fingerprint density at radius 1 is 1.34 bits per heavy atom. The summed E-state index contributed by atoms with van der Waals surface area (Å²) in [6.45, 7) is 3.14. The van der Waals surface area contributed by atoms with Crippen LogP contribution in [0.5, 0.6) is 5.75 Å². The number of nitrogens with one attached hydrogen (secondary N) is 1. The Hall–Kier alpha value is -2.10. The number of nitrogens with zero attached hydrogens (tertiary/aromatic N) is 3. The molecule has 3 rings (SSSR count). The minimum Gasteiger partial charge on any atom is -0.489 e. The highest BCUT2D eigenvalue weighted by Gasteiger charge is 2.26. The van der Waals surface area contributed by atoms with Gasteiger partial charge in [0, 0.05) is 31.4 Å². The number of piperidine rings is 1. The third-order valence-corrected chi connectivity index (χ3v) is 6.45. The molecule has 0 bridgehead atoms. The van der Waals surface area contributed by atoms with Crippen LogP contribution >= 0.6 is 11.6 Å². The van der Waals surface area contributed by atoms with Crippen molar-refractivity contribution in [3.05, 3.63) is 46.2 Å². The van der Waals surface area contributed by atoms with Gasteiger partial charge in [0.1, 0.15) is 11.9 Å². The van der Waals surface area contributed by atoms with Gasteiger partial charge in [-0.3, -0.25) is 9.89 Å². The SMILES string of the molecule is Cc1cc(CN(C)C(=O)c2ccc(OC3CCN(S(C)(=O)=O)CC3)c(Cl)c2)n[nH]1. The molecule has 0 radical (unpaired) electrons. The summed E-state index contributed by atoms with van der Waals surface area (Å²) in [5.41, 5.74) is 2.18. The summed E-state index contributed by atoms with van der Waals surface area (Å²) < 4.78 is 30.6. The summed E-state index contributed by atoms with van der Waals surface area (Å²) in [5, 5.41) is 7.35. The second kappa shape index (κ2) is 8.73. The molecule has 10 heteroatoms. The Labute approximate surface area is 175 Å². The smallest absolute Gasteiger partial charge is 0.254 e. The fourth-order valence-electron chi connectivity index (χ4n) is 3.28. The van der Waals surface area contributed by atoms with Gasteiger partial charge in [-0.15, -0.1) is 0 Å². The maximum Gasteiger partial charge on any atom is 0.254 e. The van der Waals surface area contributed by atoms with Gasteiger partial charge in [0.25, 0.3) is 5.91 Å². The number of hydrogen-bond donors (Lipinski definition) is 1. The maximum absolute atomic E-state index is 12.7. The minimum absolute atomic E-state index is 0.113. The van der Waals surface area contributed by atoms with Crippen LogP contribution in [0.3, 0.4) is 0 Å². The van der Waals surface area contributed by atoms with Crippen molar-refractivity contribution in [2.24, 2.45) is 0 Å². The van der Waals surface area contributed by atoms with Crippen molar-refractivity contribution in [2.75, 3.05) is 26.4 Å². The Balaban J connectivity index is 1.60. The number of aryl methyl sites for hydroxylation is 1. The molecule has 0 unspecified atom stereocenters. The third-order valence-electron chi connectivity index (χ3n) is 4.85. The molecule has 2 heterocycles. The number of aromatic amines is 1. The fraction of sp³-hybridized carbons (Fsp3) is 0.474. The zero-order valence-electron chi connectivity index (χ0n) is 16.7. The predicted molar refractivity (Wildman–Crippen MR) is 111 cm³/mol. The standard InChI is InChI=1S/C19H25ClN4O4S/c1-13-10-15(22-21-13)12-23(2)19(25)14-4-5-18(17(20)11-14)28-16-6-8-24(9-7-16)29(3,26)27/h4-5,10-11,16H,6-9,12H2,1-3H3,(H,21,22). The lowest BCUT2D eigenvalue weighted by atomic mass is 10.1. The van der Waals surface area contributed by atoms with Gasteiger partial charge in [-0.25, -0.2) is 12.7 Å². The molecule has 0 atom stereocenters. The molecule has 1 saturated heterocycles. The molecule has 2 aromatic rings. The molecular formula is C19H25ClN4O4S. The molecule has 0 spiro atoms. The molecule has 1 aliphatic rings. The fourth-order valence-corrected chi connectivity index (χ4v) is 4.38. The molecule has 158 valence electrons. The number of carbonyl (C=O) groups excluding carboxylic acids is 1. The number of hydrogen-bond acceptors (Lipinski definition) is 5. The molecule has 1 aromatic carbocycles. The molecule has 0 saturated carbocycles. The average Bonchev–Trinajstić information content (AvgIpc) is 3.07. The Morgan fingerprint density at radius 2 is 2.03 bits per heavy atom. The van der Waals surface area contributed by atoms with Gasteiger partial charge in [0.15, 0.2) is 0 Å². The second-order valence-corrected chi connectivity index (χ2v) is 9.72. The molecule has 1 fully saturated rings. The van der Waals surface area contributed by atoms with Crippen LogP contribution in [0.25, 0.3) is 0 Å². The van der Waals surface area contributed by atoms with Gasteiger partial charge in [-0.1, -0.05) is 11.6 Å². The first kappa shape index (κ1) is 21.6. The van der Waals surface area contributed by atoms with E-state index in [1.165, 1.54) is 10.6 Å². The zero-order valence-corrected chi connectivity index (χ0v) is 18.3. The van der Waals surface area contributed by atoms with Crippen molar-refractivity contribution in [1.82, 2.24) is 19.4 Å². The number of amides is 1. The number of ether oxygens (including phenoxy) is 1. The normalized spacial score (nSPS) is 16.0. The van der Waals surface area contributed by atoms with Crippen LogP contribution in [0.4, 0.5) is 0 Å². The van der Waals surface area contributed by atoms with Gasteiger partial charge >= 0.3 is 0 Å². The lowest BCUT2D eigenvalue weighted by molar-refractivity contribution is 0.0783. The van der Waals surface area contributed by atoms with E-state index in [1.807, 2.05) is 13.0 Å². The third kappa shape index (κ3) is 5.49. The summed E-state index contributed by atoms with van der Waals surface area (Å²) in [5.74, 6) is 0.326. The number of benzene rings is 1. The van der Waals surface area contributed by atoms with E-state index >= 15 is 0 Å². The van der Waals surface area contributed by atoms with E-state index in [-0.39, 0.29) is 12.0 Å². The van der Waals surface area contributed by atoms with Crippen LogP contribution in [0, 0.1) is 6.92 Å². The Bertz CT molecular complexity index is 984. The highest BCUT2D eigenvalue weighted by molar-refractivity contribution is 7.88. The van der Waals surface area contributed by atoms with Gasteiger partial charge in [-0.05, 0) is 44.0 Å². The topological polar surface area (TPSA) is 95.6 Å². The Morgan fingerprint density at radius 3 is 2.59 bits per heavy atom. The summed E-state index contributed by atoms with van der Waals surface area (Å²) in [6, 6.07) is 6.85. The first-order valence-corrected chi connectivity index (χ1v) is 11.5. The van der Waals surface area contributed by atoms with E-state index in [4.69, 9.17) is 16.3 Å². The number of H-pyrrole nitrogens is 1. The van der Waals surface area contributed by atoms with Gasteiger partial charge in [0.2, 0.25) is 10.0 Å².